The first-order valence-electron chi connectivity index (χ1n) is 7.70. The number of nitrogens with zero attached hydrogens (tertiary/aromatic N) is 2. The van der Waals surface area contributed by atoms with Crippen molar-refractivity contribution in [1.29, 1.82) is 0 Å². The van der Waals surface area contributed by atoms with Crippen molar-refractivity contribution in [2.75, 3.05) is 24.5 Å². The second-order valence-electron chi connectivity index (χ2n) is 5.52. The van der Waals surface area contributed by atoms with Crippen LogP contribution in [0.1, 0.15) is 5.76 Å². The van der Waals surface area contributed by atoms with Crippen molar-refractivity contribution in [2.45, 2.75) is 6.54 Å². The van der Waals surface area contributed by atoms with Crippen LogP contribution >= 0.6 is 11.6 Å². The van der Waals surface area contributed by atoms with E-state index < -0.39 is 11.8 Å². The number of carbonyl (C=O) groups is 3. The number of furan rings is 1. The van der Waals surface area contributed by atoms with Crippen LogP contribution in [-0.4, -0.2) is 42.3 Å². The Labute approximate surface area is 149 Å². The molecule has 0 atom stereocenters. The number of rotatable bonds is 5. The van der Waals surface area contributed by atoms with E-state index in [9.17, 15) is 14.4 Å². The molecule has 0 bridgehead atoms. The van der Waals surface area contributed by atoms with Gasteiger partial charge in [0, 0.05) is 23.8 Å². The van der Waals surface area contributed by atoms with Crippen molar-refractivity contribution in [3.8, 4) is 0 Å². The van der Waals surface area contributed by atoms with Gasteiger partial charge in [-0.15, -0.1) is 0 Å². The molecule has 1 aromatic heterocycles. The maximum absolute atomic E-state index is 12.3. The maximum Gasteiger partial charge on any atom is 0.316 e. The zero-order valence-electron chi connectivity index (χ0n) is 13.3. The molecule has 0 saturated carbocycles. The number of nitrogens with one attached hydrogen (secondary N) is 1. The molecule has 1 aliphatic heterocycles. The van der Waals surface area contributed by atoms with Crippen LogP contribution in [0.4, 0.5) is 5.69 Å². The summed E-state index contributed by atoms with van der Waals surface area (Å²) in [6.45, 7) is 0.632. The predicted molar refractivity (Wildman–Crippen MR) is 90.9 cm³/mol. The number of anilines is 1. The Morgan fingerprint density at radius 1 is 1.16 bits per heavy atom. The van der Waals surface area contributed by atoms with Crippen LogP contribution in [0.3, 0.4) is 0 Å². The number of carbonyl (C=O) groups excluding carboxylic acids is 3. The lowest BCUT2D eigenvalue weighted by molar-refractivity contribution is -0.147. The van der Waals surface area contributed by atoms with E-state index in [1.807, 2.05) is 0 Å². The van der Waals surface area contributed by atoms with E-state index >= 15 is 0 Å². The van der Waals surface area contributed by atoms with E-state index in [0.29, 0.717) is 23.0 Å². The molecule has 1 N–H and O–H groups in total. The molecule has 1 fully saturated rings. The average molecular weight is 362 g/mol. The number of piperazine rings is 1. The van der Waals surface area contributed by atoms with Crippen molar-refractivity contribution < 1.29 is 18.8 Å². The summed E-state index contributed by atoms with van der Waals surface area (Å²) in [6, 6.07) is 10.2. The van der Waals surface area contributed by atoms with E-state index in [1.165, 1.54) is 16.1 Å². The number of halogens is 1. The summed E-state index contributed by atoms with van der Waals surface area (Å²) in [6.07, 6.45) is 1.51. The third kappa shape index (κ3) is 4.00. The Balaban J connectivity index is 1.58. The highest BCUT2D eigenvalue weighted by atomic mass is 35.5. The van der Waals surface area contributed by atoms with Crippen LogP contribution in [0.5, 0.6) is 0 Å². The Bertz CT molecular complexity index is 791. The molecular weight excluding hydrogens is 346 g/mol. The molecule has 3 amide bonds. The quantitative estimate of drug-likeness (QED) is 0.816. The summed E-state index contributed by atoms with van der Waals surface area (Å²) in [5.74, 6) is -1.12. The molecule has 0 aliphatic carbocycles. The highest BCUT2D eigenvalue weighted by Gasteiger charge is 2.34. The smallest absolute Gasteiger partial charge is 0.316 e. The molecule has 8 heteroatoms. The van der Waals surface area contributed by atoms with Crippen molar-refractivity contribution in [3.63, 3.8) is 0 Å². The SMILES string of the molecule is O=C(CN1CCN(c2cccc(Cl)c2)C(=O)C1=O)NCc1ccco1. The van der Waals surface area contributed by atoms with Crippen molar-refractivity contribution in [3.05, 3.63) is 53.4 Å². The standard InChI is InChI=1S/C17H16ClN3O4/c18-12-3-1-4-13(9-12)21-7-6-20(16(23)17(21)24)11-15(22)19-10-14-5-2-8-25-14/h1-5,8-9H,6-7,10-11H2,(H,19,22). The van der Waals surface area contributed by atoms with Gasteiger partial charge in [-0.3, -0.25) is 14.4 Å². The Hall–Kier alpha value is -2.80. The Morgan fingerprint density at radius 3 is 2.72 bits per heavy atom. The van der Waals surface area contributed by atoms with Crippen LogP contribution in [0.25, 0.3) is 0 Å². The number of benzene rings is 1. The lowest BCUT2D eigenvalue weighted by Gasteiger charge is -2.33. The summed E-state index contributed by atoms with van der Waals surface area (Å²) >= 11 is 5.93. The van der Waals surface area contributed by atoms with E-state index in [0.717, 1.165) is 0 Å². The molecule has 7 nitrogen and oxygen atoms in total. The van der Waals surface area contributed by atoms with Crippen LogP contribution in [0, 0.1) is 0 Å². The highest BCUT2D eigenvalue weighted by Crippen LogP contribution is 2.21. The fraction of sp³-hybridized carbons (Fsp3) is 0.235. The molecule has 2 aromatic rings. The predicted octanol–water partition coefficient (Wildman–Crippen LogP) is 1.42. The Kier molecular flexibility index (Phi) is 5.04. The van der Waals surface area contributed by atoms with Gasteiger partial charge in [-0.1, -0.05) is 17.7 Å². The summed E-state index contributed by atoms with van der Waals surface area (Å²) in [4.78, 5) is 39.2. The van der Waals surface area contributed by atoms with Gasteiger partial charge in [-0.05, 0) is 30.3 Å². The highest BCUT2D eigenvalue weighted by molar-refractivity contribution is 6.41. The summed E-state index contributed by atoms with van der Waals surface area (Å²) in [5, 5.41) is 3.13. The third-order valence-electron chi connectivity index (χ3n) is 3.80. The fourth-order valence-electron chi connectivity index (χ4n) is 2.54. The van der Waals surface area contributed by atoms with Gasteiger partial charge >= 0.3 is 11.8 Å². The summed E-state index contributed by atoms with van der Waals surface area (Å²) in [5.41, 5.74) is 0.563. The molecule has 1 aliphatic rings. The molecule has 25 heavy (non-hydrogen) atoms. The van der Waals surface area contributed by atoms with Crippen molar-refractivity contribution in [1.82, 2.24) is 10.2 Å². The average Bonchev–Trinajstić information content (AvgIpc) is 3.11. The molecule has 130 valence electrons. The van der Waals surface area contributed by atoms with Crippen LogP contribution in [0.2, 0.25) is 5.02 Å². The van der Waals surface area contributed by atoms with Gasteiger partial charge in [-0.25, -0.2) is 0 Å². The lowest BCUT2D eigenvalue weighted by Crippen LogP contribution is -2.56. The molecule has 2 heterocycles. The van der Waals surface area contributed by atoms with Gasteiger partial charge in [0.2, 0.25) is 5.91 Å². The summed E-state index contributed by atoms with van der Waals surface area (Å²) < 4.78 is 5.12. The molecule has 3 rings (SSSR count). The number of hydrogen-bond donors (Lipinski definition) is 1. The summed E-state index contributed by atoms with van der Waals surface area (Å²) in [7, 11) is 0. The van der Waals surface area contributed by atoms with Crippen molar-refractivity contribution in [2.24, 2.45) is 0 Å². The molecule has 0 unspecified atom stereocenters. The third-order valence-corrected chi connectivity index (χ3v) is 4.04. The van der Waals surface area contributed by atoms with Gasteiger partial charge in [0.15, 0.2) is 0 Å². The molecule has 0 radical (unpaired) electrons. The molecule has 1 saturated heterocycles. The molecular formula is C17H16ClN3O4. The van der Waals surface area contributed by atoms with Crippen LogP contribution in [0.15, 0.2) is 47.1 Å². The van der Waals surface area contributed by atoms with E-state index in [4.69, 9.17) is 16.0 Å². The first-order valence-corrected chi connectivity index (χ1v) is 8.08. The van der Waals surface area contributed by atoms with Crippen molar-refractivity contribution >= 4 is 35.0 Å². The van der Waals surface area contributed by atoms with E-state index in [2.05, 4.69) is 5.32 Å². The van der Waals surface area contributed by atoms with E-state index in [1.54, 1.807) is 36.4 Å². The van der Waals surface area contributed by atoms with Gasteiger partial charge in [0.05, 0.1) is 12.8 Å². The maximum atomic E-state index is 12.3. The second-order valence-corrected chi connectivity index (χ2v) is 5.96. The molecule has 1 aromatic carbocycles. The zero-order valence-corrected chi connectivity index (χ0v) is 14.0. The minimum Gasteiger partial charge on any atom is -0.467 e. The lowest BCUT2D eigenvalue weighted by atomic mass is 10.2. The van der Waals surface area contributed by atoms with Gasteiger partial charge in [-0.2, -0.15) is 0 Å². The zero-order chi connectivity index (χ0) is 17.8. The van der Waals surface area contributed by atoms with Gasteiger partial charge in [0.1, 0.15) is 12.3 Å². The largest absolute Gasteiger partial charge is 0.467 e. The minimum atomic E-state index is -0.709. The van der Waals surface area contributed by atoms with Gasteiger partial charge in [0.25, 0.3) is 0 Å². The fourth-order valence-corrected chi connectivity index (χ4v) is 2.73. The minimum absolute atomic E-state index is 0.172. The normalized spacial score (nSPS) is 14.8. The van der Waals surface area contributed by atoms with Gasteiger partial charge < -0.3 is 19.5 Å². The first kappa shape index (κ1) is 17.0. The van der Waals surface area contributed by atoms with E-state index in [-0.39, 0.29) is 25.5 Å². The van der Waals surface area contributed by atoms with Crippen LogP contribution in [-0.2, 0) is 20.9 Å². The first-order chi connectivity index (χ1) is 12.0. The van der Waals surface area contributed by atoms with Crippen LogP contribution < -0.4 is 10.2 Å². The Morgan fingerprint density at radius 2 is 2.00 bits per heavy atom. The number of amides is 3. The topological polar surface area (TPSA) is 82.9 Å². The monoisotopic (exact) mass is 361 g/mol. The number of hydrogen-bond acceptors (Lipinski definition) is 4. The second kappa shape index (κ2) is 7.40. The molecule has 0 spiro atoms.